The van der Waals surface area contributed by atoms with Crippen molar-refractivity contribution >= 4 is 5.91 Å². The van der Waals surface area contributed by atoms with Gasteiger partial charge in [0.05, 0.1) is 18.3 Å². The van der Waals surface area contributed by atoms with E-state index in [-0.39, 0.29) is 18.6 Å². The smallest absolute Gasteiger partial charge is 0.220 e. The topological polar surface area (TPSA) is 75.4 Å². The van der Waals surface area contributed by atoms with Crippen molar-refractivity contribution < 1.29 is 14.4 Å². The summed E-state index contributed by atoms with van der Waals surface area (Å²) in [5.41, 5.74) is 1.83. The minimum atomic E-state index is -0.146. The van der Waals surface area contributed by atoms with E-state index in [0.717, 1.165) is 23.4 Å². The molecule has 1 amide bonds. The lowest BCUT2D eigenvalue weighted by Crippen LogP contribution is -2.37. The van der Waals surface area contributed by atoms with Gasteiger partial charge in [-0.05, 0) is 26.7 Å². The maximum atomic E-state index is 11.6. The Hall–Kier alpha value is -1.36. The Morgan fingerprint density at radius 3 is 2.71 bits per heavy atom. The number of aliphatic hydroxyl groups is 1. The van der Waals surface area contributed by atoms with Crippen LogP contribution in [0.25, 0.3) is 0 Å². The molecule has 1 atom stereocenters. The van der Waals surface area contributed by atoms with E-state index in [1.54, 1.807) is 0 Å². The van der Waals surface area contributed by atoms with Gasteiger partial charge in [-0.25, -0.2) is 0 Å². The van der Waals surface area contributed by atoms with Crippen LogP contribution in [0.3, 0.4) is 0 Å². The highest BCUT2D eigenvalue weighted by molar-refractivity contribution is 5.76. The Bertz CT molecular complexity index is 350. The molecule has 0 radical (unpaired) electrons. The lowest BCUT2D eigenvalue weighted by molar-refractivity contribution is -0.122. The van der Waals surface area contributed by atoms with Crippen molar-refractivity contribution in [2.45, 2.75) is 46.1 Å². The normalized spacial score (nSPS) is 12.5. The minimum Gasteiger partial charge on any atom is -0.394 e. The molecule has 17 heavy (non-hydrogen) atoms. The Kier molecular flexibility index (Phi) is 5.15. The quantitative estimate of drug-likeness (QED) is 0.781. The molecular formula is C12H20N2O3. The number of hydrogen-bond acceptors (Lipinski definition) is 4. The molecule has 0 aliphatic carbocycles. The fraction of sp³-hybridized carbons (Fsp3) is 0.667. The zero-order valence-corrected chi connectivity index (χ0v) is 10.6. The Labute approximate surface area is 101 Å². The van der Waals surface area contributed by atoms with Gasteiger partial charge in [-0.15, -0.1) is 0 Å². The maximum Gasteiger partial charge on any atom is 0.220 e. The molecule has 5 heteroatoms. The SMILES string of the molecule is CC[C@@H](CO)NC(=O)CCc1c(C)noc1C. The van der Waals surface area contributed by atoms with Crippen LogP contribution >= 0.6 is 0 Å². The van der Waals surface area contributed by atoms with Crippen LogP contribution in [-0.2, 0) is 11.2 Å². The van der Waals surface area contributed by atoms with Crippen LogP contribution in [0.2, 0.25) is 0 Å². The number of aromatic nitrogens is 1. The molecule has 0 bridgehead atoms. The average Bonchev–Trinajstić information content (AvgIpc) is 2.63. The highest BCUT2D eigenvalue weighted by atomic mass is 16.5. The number of nitrogens with one attached hydrogen (secondary N) is 1. The van der Waals surface area contributed by atoms with Gasteiger partial charge in [0.1, 0.15) is 5.76 Å². The summed E-state index contributed by atoms with van der Waals surface area (Å²) < 4.78 is 5.03. The maximum absolute atomic E-state index is 11.6. The number of hydrogen-bond donors (Lipinski definition) is 2. The third kappa shape index (κ3) is 3.85. The van der Waals surface area contributed by atoms with Crippen LogP contribution < -0.4 is 5.32 Å². The van der Waals surface area contributed by atoms with Crippen LogP contribution in [0.5, 0.6) is 0 Å². The molecule has 0 spiro atoms. The zero-order chi connectivity index (χ0) is 12.8. The van der Waals surface area contributed by atoms with E-state index < -0.39 is 0 Å². The Balaban J connectivity index is 2.43. The summed E-state index contributed by atoms with van der Waals surface area (Å²) in [5.74, 6) is 0.718. The lowest BCUT2D eigenvalue weighted by atomic mass is 10.1. The third-order valence-electron chi connectivity index (χ3n) is 2.86. The van der Waals surface area contributed by atoms with Crippen LogP contribution in [-0.4, -0.2) is 28.8 Å². The summed E-state index contributed by atoms with van der Waals surface area (Å²) in [6.07, 6.45) is 1.74. The number of nitrogens with zero attached hydrogens (tertiary/aromatic N) is 1. The molecule has 0 fully saturated rings. The van der Waals surface area contributed by atoms with Crippen LogP contribution in [0.4, 0.5) is 0 Å². The van der Waals surface area contributed by atoms with Gasteiger partial charge in [0.2, 0.25) is 5.91 Å². The minimum absolute atomic E-state index is 0.0203. The van der Waals surface area contributed by atoms with Crippen molar-refractivity contribution in [2.75, 3.05) is 6.61 Å². The summed E-state index contributed by atoms with van der Waals surface area (Å²) in [6.45, 7) is 5.62. The van der Waals surface area contributed by atoms with Crippen molar-refractivity contribution in [3.05, 3.63) is 17.0 Å². The van der Waals surface area contributed by atoms with Crippen LogP contribution in [0.15, 0.2) is 4.52 Å². The fourth-order valence-corrected chi connectivity index (χ4v) is 1.67. The van der Waals surface area contributed by atoms with Gasteiger partial charge >= 0.3 is 0 Å². The van der Waals surface area contributed by atoms with E-state index in [1.807, 2.05) is 20.8 Å². The summed E-state index contributed by atoms with van der Waals surface area (Å²) in [4.78, 5) is 11.6. The van der Waals surface area contributed by atoms with Crippen molar-refractivity contribution in [1.82, 2.24) is 10.5 Å². The van der Waals surface area contributed by atoms with Crippen molar-refractivity contribution in [2.24, 2.45) is 0 Å². The molecule has 0 saturated carbocycles. The van der Waals surface area contributed by atoms with E-state index in [0.29, 0.717) is 12.8 Å². The number of carbonyl (C=O) groups excluding carboxylic acids is 1. The van der Waals surface area contributed by atoms with Gasteiger partial charge in [0.15, 0.2) is 0 Å². The predicted octanol–water partition coefficient (Wildman–Crippen LogP) is 1.11. The molecule has 1 heterocycles. The molecule has 1 aromatic rings. The zero-order valence-electron chi connectivity index (χ0n) is 10.6. The molecule has 96 valence electrons. The van der Waals surface area contributed by atoms with Crippen molar-refractivity contribution in [3.8, 4) is 0 Å². The van der Waals surface area contributed by atoms with Gasteiger partial charge in [-0.2, -0.15) is 0 Å². The third-order valence-corrected chi connectivity index (χ3v) is 2.86. The number of carbonyl (C=O) groups is 1. The Morgan fingerprint density at radius 2 is 2.24 bits per heavy atom. The summed E-state index contributed by atoms with van der Waals surface area (Å²) in [5, 5.41) is 15.6. The molecule has 0 aromatic carbocycles. The molecule has 0 unspecified atom stereocenters. The second-order valence-corrected chi connectivity index (χ2v) is 4.16. The molecular weight excluding hydrogens is 220 g/mol. The van der Waals surface area contributed by atoms with Gasteiger partial charge < -0.3 is 14.9 Å². The molecule has 0 aliphatic rings. The summed E-state index contributed by atoms with van der Waals surface area (Å²) in [6, 6.07) is -0.146. The summed E-state index contributed by atoms with van der Waals surface area (Å²) in [7, 11) is 0. The first-order valence-electron chi connectivity index (χ1n) is 5.90. The van der Waals surface area contributed by atoms with E-state index >= 15 is 0 Å². The van der Waals surface area contributed by atoms with Crippen molar-refractivity contribution in [1.29, 1.82) is 0 Å². The van der Waals surface area contributed by atoms with Crippen LogP contribution in [0.1, 0.15) is 36.8 Å². The second kappa shape index (κ2) is 6.39. The highest BCUT2D eigenvalue weighted by Gasteiger charge is 2.13. The standard InChI is InChI=1S/C12H20N2O3/c1-4-10(7-15)13-12(16)6-5-11-8(2)14-17-9(11)3/h10,15H,4-7H2,1-3H3,(H,13,16)/t10-/m0/s1. The average molecular weight is 240 g/mol. The van der Waals surface area contributed by atoms with E-state index in [1.165, 1.54) is 0 Å². The highest BCUT2D eigenvalue weighted by Crippen LogP contribution is 2.14. The van der Waals surface area contributed by atoms with E-state index in [2.05, 4.69) is 10.5 Å². The number of aliphatic hydroxyl groups excluding tert-OH is 1. The molecule has 1 rings (SSSR count). The predicted molar refractivity (Wildman–Crippen MR) is 63.6 cm³/mol. The number of rotatable bonds is 6. The molecule has 1 aromatic heterocycles. The van der Waals surface area contributed by atoms with Crippen LogP contribution in [0, 0.1) is 13.8 Å². The van der Waals surface area contributed by atoms with E-state index in [9.17, 15) is 4.79 Å². The fourth-order valence-electron chi connectivity index (χ4n) is 1.67. The van der Waals surface area contributed by atoms with Gasteiger partial charge in [0, 0.05) is 12.0 Å². The first kappa shape index (κ1) is 13.7. The number of amides is 1. The largest absolute Gasteiger partial charge is 0.394 e. The van der Waals surface area contributed by atoms with Gasteiger partial charge in [-0.1, -0.05) is 12.1 Å². The second-order valence-electron chi connectivity index (χ2n) is 4.16. The van der Waals surface area contributed by atoms with Crippen molar-refractivity contribution in [3.63, 3.8) is 0 Å². The number of aryl methyl sites for hydroxylation is 2. The summed E-state index contributed by atoms with van der Waals surface area (Å²) >= 11 is 0. The molecule has 0 saturated heterocycles. The molecule has 0 aliphatic heterocycles. The monoisotopic (exact) mass is 240 g/mol. The molecule has 5 nitrogen and oxygen atoms in total. The van der Waals surface area contributed by atoms with E-state index in [4.69, 9.17) is 9.63 Å². The van der Waals surface area contributed by atoms with Gasteiger partial charge in [0.25, 0.3) is 0 Å². The molecule has 2 N–H and O–H groups in total. The van der Waals surface area contributed by atoms with Gasteiger partial charge in [-0.3, -0.25) is 4.79 Å². The first-order chi connectivity index (χ1) is 8.08. The first-order valence-corrected chi connectivity index (χ1v) is 5.90. The lowest BCUT2D eigenvalue weighted by Gasteiger charge is -2.13. The Morgan fingerprint density at radius 1 is 1.53 bits per heavy atom.